The molecule has 0 radical (unpaired) electrons. The predicted octanol–water partition coefficient (Wildman–Crippen LogP) is -2.86. The molecule has 0 saturated heterocycles. The van der Waals surface area contributed by atoms with Crippen molar-refractivity contribution in [2.24, 2.45) is 5.73 Å². The van der Waals surface area contributed by atoms with Crippen molar-refractivity contribution in [2.75, 3.05) is 12.3 Å². The molecule has 0 rings (SSSR count). The molecule has 8 N–H and O–H groups in total. The molecule has 3 atom stereocenters. The van der Waals surface area contributed by atoms with E-state index in [1.807, 2.05) is 0 Å². The van der Waals surface area contributed by atoms with Crippen LogP contribution in [0.4, 0.5) is 0 Å². The van der Waals surface area contributed by atoms with E-state index >= 15 is 0 Å². The van der Waals surface area contributed by atoms with E-state index < -0.39 is 79.6 Å². The SMILES string of the molecule is NCC(=O)NC(CS)C(=O)NC(CCC(=O)O)C(=O)NC(CCC(=O)O)C(=O)O. The summed E-state index contributed by atoms with van der Waals surface area (Å²) in [7, 11) is 0. The molecule has 164 valence electrons. The zero-order valence-electron chi connectivity index (χ0n) is 15.3. The average Bonchev–Trinajstić information content (AvgIpc) is 2.64. The zero-order valence-corrected chi connectivity index (χ0v) is 16.2. The molecule has 0 saturated carbocycles. The first kappa shape index (κ1) is 26.1. The van der Waals surface area contributed by atoms with Crippen molar-refractivity contribution in [3.8, 4) is 0 Å². The number of carboxylic acids is 3. The summed E-state index contributed by atoms with van der Waals surface area (Å²) in [5.41, 5.74) is 5.14. The number of carbonyl (C=O) groups excluding carboxylic acids is 3. The molecule has 0 spiro atoms. The minimum absolute atomic E-state index is 0.152. The second-order valence-electron chi connectivity index (χ2n) is 5.83. The zero-order chi connectivity index (χ0) is 22.6. The molecule has 0 fully saturated rings. The molecule has 0 aliphatic rings. The van der Waals surface area contributed by atoms with Crippen LogP contribution in [0.1, 0.15) is 25.7 Å². The van der Waals surface area contributed by atoms with Crippen LogP contribution in [0.3, 0.4) is 0 Å². The van der Waals surface area contributed by atoms with Crippen molar-refractivity contribution >= 4 is 48.3 Å². The highest BCUT2D eigenvalue weighted by Crippen LogP contribution is 2.04. The molecule has 13 nitrogen and oxygen atoms in total. The van der Waals surface area contributed by atoms with E-state index in [1.54, 1.807) is 0 Å². The quantitative estimate of drug-likeness (QED) is 0.130. The minimum Gasteiger partial charge on any atom is -0.481 e. The van der Waals surface area contributed by atoms with Gasteiger partial charge in [-0.05, 0) is 12.8 Å². The minimum atomic E-state index is -1.56. The van der Waals surface area contributed by atoms with Gasteiger partial charge in [0.25, 0.3) is 0 Å². The highest BCUT2D eigenvalue weighted by atomic mass is 32.1. The number of hydrogen-bond acceptors (Lipinski definition) is 8. The fourth-order valence-corrected chi connectivity index (χ4v) is 2.31. The Hall–Kier alpha value is -2.87. The molecule has 0 bridgehead atoms. The summed E-state index contributed by atoms with van der Waals surface area (Å²) in [5.74, 6) is -6.71. The molecule has 0 aliphatic carbocycles. The van der Waals surface area contributed by atoms with Gasteiger partial charge in [-0.3, -0.25) is 24.0 Å². The monoisotopic (exact) mass is 436 g/mol. The largest absolute Gasteiger partial charge is 0.481 e. The topological polar surface area (TPSA) is 225 Å². The van der Waals surface area contributed by atoms with Crippen molar-refractivity contribution < 1.29 is 44.1 Å². The lowest BCUT2D eigenvalue weighted by atomic mass is 10.1. The Morgan fingerprint density at radius 2 is 1.21 bits per heavy atom. The van der Waals surface area contributed by atoms with Gasteiger partial charge >= 0.3 is 17.9 Å². The number of carbonyl (C=O) groups is 6. The molecular weight excluding hydrogens is 412 g/mol. The van der Waals surface area contributed by atoms with E-state index in [9.17, 15) is 28.8 Å². The normalized spacial score (nSPS) is 13.4. The van der Waals surface area contributed by atoms with Gasteiger partial charge in [0.05, 0.1) is 6.54 Å². The molecule has 0 aliphatic heterocycles. The smallest absolute Gasteiger partial charge is 0.326 e. The summed E-state index contributed by atoms with van der Waals surface area (Å²) in [6.45, 7) is -0.398. The van der Waals surface area contributed by atoms with E-state index in [2.05, 4.69) is 28.6 Å². The van der Waals surface area contributed by atoms with E-state index in [0.717, 1.165) is 0 Å². The number of thiol groups is 1. The molecule has 14 heteroatoms. The molecule has 0 heterocycles. The molecular formula is C15H24N4O9S. The number of hydrogen-bond donors (Lipinski definition) is 8. The second-order valence-corrected chi connectivity index (χ2v) is 6.20. The van der Waals surface area contributed by atoms with Gasteiger partial charge in [-0.25, -0.2) is 4.79 Å². The second kappa shape index (κ2) is 13.3. The highest BCUT2D eigenvalue weighted by molar-refractivity contribution is 7.80. The maximum absolute atomic E-state index is 12.4. The Labute approximate surface area is 170 Å². The van der Waals surface area contributed by atoms with Crippen LogP contribution < -0.4 is 21.7 Å². The first-order chi connectivity index (χ1) is 13.5. The number of amides is 3. The number of nitrogens with one attached hydrogen (secondary N) is 3. The molecule has 0 aromatic carbocycles. The molecule has 29 heavy (non-hydrogen) atoms. The Kier molecular flexibility index (Phi) is 12.0. The lowest BCUT2D eigenvalue weighted by molar-refractivity contribution is -0.144. The fraction of sp³-hybridized carbons (Fsp3) is 0.600. The van der Waals surface area contributed by atoms with Gasteiger partial charge in [-0.2, -0.15) is 12.6 Å². The van der Waals surface area contributed by atoms with E-state index in [4.69, 9.17) is 21.1 Å². The number of carboxylic acid groups (broad SMARTS) is 3. The maximum atomic E-state index is 12.4. The standard InChI is InChI=1S/C15H24N4O9S/c16-5-10(20)17-9(6-29)14(26)18-7(1-3-11(21)22)13(25)19-8(15(27)28)2-4-12(23)24/h7-9,29H,1-6,16H2,(H,17,20)(H,18,26)(H,19,25)(H,21,22)(H,23,24)(H,27,28). The van der Waals surface area contributed by atoms with Crippen LogP contribution >= 0.6 is 12.6 Å². The first-order valence-electron chi connectivity index (χ1n) is 8.39. The van der Waals surface area contributed by atoms with E-state index in [-0.39, 0.29) is 12.2 Å². The van der Waals surface area contributed by atoms with Gasteiger partial charge in [-0.1, -0.05) is 0 Å². The average molecular weight is 436 g/mol. The maximum Gasteiger partial charge on any atom is 0.326 e. The summed E-state index contributed by atoms with van der Waals surface area (Å²) in [6, 6.07) is -4.17. The van der Waals surface area contributed by atoms with Gasteiger partial charge in [0, 0.05) is 18.6 Å². The van der Waals surface area contributed by atoms with Gasteiger partial charge in [0.2, 0.25) is 17.7 Å². The lowest BCUT2D eigenvalue weighted by Crippen LogP contribution is -2.56. The third-order valence-electron chi connectivity index (χ3n) is 3.56. The Morgan fingerprint density at radius 3 is 1.62 bits per heavy atom. The van der Waals surface area contributed by atoms with Crippen LogP contribution in [0.15, 0.2) is 0 Å². The molecule has 3 amide bonds. The van der Waals surface area contributed by atoms with Crippen LogP contribution in [-0.4, -0.2) is 81.4 Å². The Balaban J connectivity index is 5.25. The van der Waals surface area contributed by atoms with Crippen molar-refractivity contribution in [3.05, 3.63) is 0 Å². The van der Waals surface area contributed by atoms with Crippen LogP contribution in [0, 0.1) is 0 Å². The van der Waals surface area contributed by atoms with Crippen LogP contribution in [0.25, 0.3) is 0 Å². The van der Waals surface area contributed by atoms with Crippen LogP contribution in [-0.2, 0) is 28.8 Å². The van der Waals surface area contributed by atoms with Gasteiger partial charge in [-0.15, -0.1) is 0 Å². The lowest BCUT2D eigenvalue weighted by Gasteiger charge is -2.23. The van der Waals surface area contributed by atoms with Crippen molar-refractivity contribution in [3.63, 3.8) is 0 Å². The van der Waals surface area contributed by atoms with Gasteiger partial charge < -0.3 is 37.0 Å². The van der Waals surface area contributed by atoms with Crippen LogP contribution in [0.2, 0.25) is 0 Å². The van der Waals surface area contributed by atoms with Gasteiger partial charge in [0.1, 0.15) is 18.1 Å². The summed E-state index contributed by atoms with van der Waals surface area (Å²) in [6.07, 6.45) is -1.84. The third kappa shape index (κ3) is 10.9. The highest BCUT2D eigenvalue weighted by Gasteiger charge is 2.29. The summed E-state index contributed by atoms with van der Waals surface area (Å²) in [4.78, 5) is 68.6. The number of rotatable bonds is 14. The van der Waals surface area contributed by atoms with E-state index in [0.29, 0.717) is 0 Å². The summed E-state index contributed by atoms with van der Waals surface area (Å²) in [5, 5.41) is 33.1. The Bertz CT molecular complexity index is 643. The Morgan fingerprint density at radius 1 is 0.759 bits per heavy atom. The number of nitrogens with two attached hydrogens (primary N) is 1. The molecule has 0 aromatic heterocycles. The third-order valence-corrected chi connectivity index (χ3v) is 3.93. The van der Waals surface area contributed by atoms with Crippen molar-refractivity contribution in [2.45, 2.75) is 43.8 Å². The summed E-state index contributed by atoms with van der Waals surface area (Å²) < 4.78 is 0. The molecule has 3 unspecified atom stereocenters. The van der Waals surface area contributed by atoms with E-state index in [1.165, 1.54) is 0 Å². The van der Waals surface area contributed by atoms with Crippen molar-refractivity contribution in [1.82, 2.24) is 16.0 Å². The summed E-state index contributed by atoms with van der Waals surface area (Å²) >= 11 is 3.91. The molecule has 0 aromatic rings. The van der Waals surface area contributed by atoms with Gasteiger partial charge in [0.15, 0.2) is 0 Å². The van der Waals surface area contributed by atoms with Crippen molar-refractivity contribution in [1.29, 1.82) is 0 Å². The number of aliphatic carboxylic acids is 3. The first-order valence-corrected chi connectivity index (χ1v) is 9.02. The van der Waals surface area contributed by atoms with Crippen LogP contribution in [0.5, 0.6) is 0 Å². The fourth-order valence-electron chi connectivity index (χ4n) is 2.05. The predicted molar refractivity (Wildman–Crippen MR) is 100 cm³/mol.